The van der Waals surface area contributed by atoms with Gasteiger partial charge in [0, 0.05) is 19.8 Å². The maximum Gasteiger partial charge on any atom is 0.0367 e. The second-order valence-electron chi connectivity index (χ2n) is 4.74. The van der Waals surface area contributed by atoms with Crippen LogP contribution in [0.15, 0.2) is 49.0 Å². The molecule has 0 aliphatic heterocycles. The van der Waals surface area contributed by atoms with E-state index in [0.29, 0.717) is 0 Å². The van der Waals surface area contributed by atoms with E-state index in [1.807, 2.05) is 20.2 Å². The third-order valence-corrected chi connectivity index (χ3v) is 3.13. The maximum absolute atomic E-state index is 3.92. The zero-order valence-corrected chi connectivity index (χ0v) is 11.3. The Kier molecular flexibility index (Phi) is 3.52. The average molecular weight is 237 g/mol. The van der Waals surface area contributed by atoms with Crippen LogP contribution in [0.4, 0.5) is 5.69 Å². The number of aryl methyl sites for hydroxylation is 1. The van der Waals surface area contributed by atoms with Gasteiger partial charge in [0.15, 0.2) is 0 Å². The van der Waals surface area contributed by atoms with Crippen LogP contribution in [0.2, 0.25) is 0 Å². The van der Waals surface area contributed by atoms with Crippen LogP contribution in [0.5, 0.6) is 0 Å². The minimum Gasteiger partial charge on any atom is -0.378 e. The summed E-state index contributed by atoms with van der Waals surface area (Å²) in [7, 11) is 4.10. The van der Waals surface area contributed by atoms with Gasteiger partial charge in [-0.15, -0.1) is 0 Å². The van der Waals surface area contributed by atoms with E-state index in [9.17, 15) is 0 Å². The summed E-state index contributed by atoms with van der Waals surface area (Å²) in [6.45, 7) is 6.02. The van der Waals surface area contributed by atoms with Gasteiger partial charge in [-0.25, -0.2) is 0 Å². The van der Waals surface area contributed by atoms with Crippen molar-refractivity contribution in [2.75, 3.05) is 19.0 Å². The Bertz CT molecular complexity index is 550. The Morgan fingerprint density at radius 1 is 1.00 bits per heavy atom. The van der Waals surface area contributed by atoms with E-state index in [-0.39, 0.29) is 0 Å². The molecule has 0 radical (unpaired) electrons. The molecule has 1 heteroatoms. The van der Waals surface area contributed by atoms with Crippen LogP contribution >= 0.6 is 0 Å². The quantitative estimate of drug-likeness (QED) is 0.766. The van der Waals surface area contributed by atoms with Gasteiger partial charge in [0.25, 0.3) is 0 Å². The van der Waals surface area contributed by atoms with E-state index in [2.05, 4.69) is 60.9 Å². The second-order valence-corrected chi connectivity index (χ2v) is 4.74. The van der Waals surface area contributed by atoms with E-state index in [1.54, 1.807) is 0 Å². The third kappa shape index (κ3) is 2.45. The molecular formula is C17H19N. The number of nitrogens with zero attached hydrogens (tertiary/aromatic N) is 1. The van der Waals surface area contributed by atoms with Gasteiger partial charge in [0.2, 0.25) is 0 Å². The summed E-state index contributed by atoms with van der Waals surface area (Å²) in [6, 6.07) is 15.1. The lowest BCUT2D eigenvalue weighted by molar-refractivity contribution is 1.13. The fourth-order valence-electron chi connectivity index (χ4n) is 1.99. The van der Waals surface area contributed by atoms with Crippen LogP contribution in [0, 0.1) is 6.92 Å². The summed E-state index contributed by atoms with van der Waals surface area (Å²) < 4.78 is 0. The van der Waals surface area contributed by atoms with Crippen LogP contribution in [0.3, 0.4) is 0 Å². The topological polar surface area (TPSA) is 3.24 Å². The molecule has 0 atom stereocenters. The minimum absolute atomic E-state index is 1.17. The molecule has 0 bridgehead atoms. The average Bonchev–Trinajstić information content (AvgIpc) is 2.39. The highest BCUT2D eigenvalue weighted by atomic mass is 15.1. The molecule has 92 valence electrons. The highest BCUT2D eigenvalue weighted by molar-refractivity contribution is 5.77. The molecule has 0 spiro atoms. The molecule has 2 aromatic carbocycles. The summed E-state index contributed by atoms with van der Waals surface area (Å²) in [5, 5.41) is 0. The SMILES string of the molecule is C=Cc1cc(N(C)C)ccc1-c1ccc(C)cc1. The van der Waals surface area contributed by atoms with E-state index in [0.717, 1.165) is 0 Å². The number of rotatable bonds is 3. The van der Waals surface area contributed by atoms with Gasteiger partial charge in [0.1, 0.15) is 0 Å². The molecule has 18 heavy (non-hydrogen) atoms. The molecule has 2 aromatic rings. The number of benzene rings is 2. The van der Waals surface area contributed by atoms with Crippen molar-refractivity contribution < 1.29 is 0 Å². The minimum atomic E-state index is 1.17. The van der Waals surface area contributed by atoms with Crippen molar-refractivity contribution in [1.29, 1.82) is 0 Å². The van der Waals surface area contributed by atoms with Crippen molar-refractivity contribution in [3.05, 3.63) is 60.2 Å². The van der Waals surface area contributed by atoms with Crippen LogP contribution < -0.4 is 4.90 Å². The first-order valence-corrected chi connectivity index (χ1v) is 6.12. The van der Waals surface area contributed by atoms with Crippen molar-refractivity contribution >= 4 is 11.8 Å². The molecule has 1 nitrogen and oxygen atoms in total. The highest BCUT2D eigenvalue weighted by Crippen LogP contribution is 2.28. The molecule has 0 saturated heterocycles. The summed E-state index contributed by atoms with van der Waals surface area (Å²) in [6.07, 6.45) is 1.92. The van der Waals surface area contributed by atoms with Crippen molar-refractivity contribution in [3.8, 4) is 11.1 Å². The zero-order chi connectivity index (χ0) is 13.1. The van der Waals surface area contributed by atoms with Gasteiger partial charge < -0.3 is 4.90 Å². The summed E-state index contributed by atoms with van der Waals surface area (Å²) >= 11 is 0. The molecule has 0 amide bonds. The fourth-order valence-corrected chi connectivity index (χ4v) is 1.99. The summed E-state index contributed by atoms with van der Waals surface area (Å²) in [5.74, 6) is 0. The first-order chi connectivity index (χ1) is 8.61. The zero-order valence-electron chi connectivity index (χ0n) is 11.3. The molecule has 0 N–H and O–H groups in total. The fraction of sp³-hybridized carbons (Fsp3) is 0.176. The van der Waals surface area contributed by atoms with Gasteiger partial charge >= 0.3 is 0 Å². The Hall–Kier alpha value is -2.02. The highest BCUT2D eigenvalue weighted by Gasteiger charge is 2.05. The molecule has 0 aromatic heterocycles. The van der Waals surface area contributed by atoms with Gasteiger partial charge in [-0.3, -0.25) is 0 Å². The van der Waals surface area contributed by atoms with Gasteiger partial charge in [-0.1, -0.05) is 48.6 Å². The van der Waals surface area contributed by atoms with Crippen molar-refractivity contribution in [1.82, 2.24) is 0 Å². The van der Waals surface area contributed by atoms with Crippen molar-refractivity contribution in [3.63, 3.8) is 0 Å². The smallest absolute Gasteiger partial charge is 0.0367 e. The molecule has 0 fully saturated rings. The normalized spacial score (nSPS) is 10.2. The lowest BCUT2D eigenvalue weighted by Crippen LogP contribution is -2.08. The lowest BCUT2D eigenvalue weighted by atomic mass is 9.98. The number of hydrogen-bond donors (Lipinski definition) is 0. The summed E-state index contributed by atoms with van der Waals surface area (Å²) in [5.41, 5.74) is 6.12. The first-order valence-electron chi connectivity index (χ1n) is 6.12. The Morgan fingerprint density at radius 2 is 1.67 bits per heavy atom. The van der Waals surface area contributed by atoms with Crippen LogP contribution in [-0.2, 0) is 0 Å². The van der Waals surface area contributed by atoms with Crippen LogP contribution in [-0.4, -0.2) is 14.1 Å². The molecule has 0 heterocycles. The first kappa shape index (κ1) is 12.4. The Balaban J connectivity index is 2.50. The third-order valence-electron chi connectivity index (χ3n) is 3.13. The predicted octanol–water partition coefficient (Wildman–Crippen LogP) is 4.37. The second kappa shape index (κ2) is 5.09. The van der Waals surface area contributed by atoms with Gasteiger partial charge in [-0.2, -0.15) is 0 Å². The van der Waals surface area contributed by atoms with Gasteiger partial charge in [0.05, 0.1) is 0 Å². The van der Waals surface area contributed by atoms with E-state index < -0.39 is 0 Å². The van der Waals surface area contributed by atoms with E-state index in [4.69, 9.17) is 0 Å². The number of hydrogen-bond acceptors (Lipinski definition) is 1. The molecular weight excluding hydrogens is 218 g/mol. The van der Waals surface area contributed by atoms with E-state index >= 15 is 0 Å². The van der Waals surface area contributed by atoms with Crippen LogP contribution in [0.1, 0.15) is 11.1 Å². The largest absolute Gasteiger partial charge is 0.378 e. The van der Waals surface area contributed by atoms with Crippen molar-refractivity contribution in [2.24, 2.45) is 0 Å². The lowest BCUT2D eigenvalue weighted by Gasteiger charge is -2.15. The molecule has 0 unspecified atom stereocenters. The molecule has 0 aliphatic rings. The Labute approximate surface area is 109 Å². The molecule has 0 aliphatic carbocycles. The maximum atomic E-state index is 3.92. The molecule has 2 rings (SSSR count). The molecule has 0 saturated carbocycles. The predicted molar refractivity (Wildman–Crippen MR) is 81.0 cm³/mol. The summed E-state index contributed by atoms with van der Waals surface area (Å²) in [4.78, 5) is 2.10. The van der Waals surface area contributed by atoms with Gasteiger partial charge in [-0.05, 0) is 35.7 Å². The number of anilines is 1. The Morgan fingerprint density at radius 3 is 2.22 bits per heavy atom. The standard InChI is InChI=1S/C17H19N/c1-5-14-12-16(18(3)4)10-11-17(14)15-8-6-13(2)7-9-15/h5-12H,1H2,2-4H3. The van der Waals surface area contributed by atoms with Crippen molar-refractivity contribution in [2.45, 2.75) is 6.92 Å². The monoisotopic (exact) mass is 237 g/mol. The van der Waals surface area contributed by atoms with E-state index in [1.165, 1.54) is 27.9 Å². The van der Waals surface area contributed by atoms with Crippen LogP contribution in [0.25, 0.3) is 17.2 Å².